The van der Waals surface area contributed by atoms with Crippen molar-refractivity contribution in [2.24, 2.45) is 0 Å². The maximum atomic E-state index is 11.8. The molecule has 9 heteroatoms. The molecule has 9 nitrogen and oxygen atoms in total. The Bertz CT molecular complexity index is 677. The van der Waals surface area contributed by atoms with Gasteiger partial charge in [-0.15, -0.1) is 0 Å². The van der Waals surface area contributed by atoms with E-state index in [1.54, 1.807) is 20.0 Å². The zero-order valence-corrected chi connectivity index (χ0v) is 16.5. The molecule has 1 aromatic rings. The van der Waals surface area contributed by atoms with E-state index < -0.39 is 11.4 Å². The maximum Gasteiger partial charge on any atom is 0.313 e. The van der Waals surface area contributed by atoms with Crippen LogP contribution in [0.4, 0.5) is 11.8 Å². The predicted octanol–water partition coefficient (Wildman–Crippen LogP) is 0.367. The minimum Gasteiger partial charge on any atom is -0.481 e. The number of anilines is 2. The second-order valence-corrected chi connectivity index (χ2v) is 7.94. The second-order valence-electron chi connectivity index (χ2n) is 7.94. The minimum atomic E-state index is -1.07. The van der Waals surface area contributed by atoms with Crippen molar-refractivity contribution in [1.82, 2.24) is 20.8 Å². The topological polar surface area (TPSA) is 103 Å². The highest BCUT2D eigenvalue weighted by Crippen LogP contribution is 2.32. The van der Waals surface area contributed by atoms with Crippen LogP contribution >= 0.6 is 0 Å². The standard InChI is InChI=1S/C18H30N6O3/c1-12-9-13(22-21-12)11-23(4)17-19-10-14(18(2,3)16(25)26)15(20-17)24-5-7-27-8-6-24/h10,12-13,21-22H,5-9,11H2,1-4H3,(H,25,26). The van der Waals surface area contributed by atoms with Crippen molar-refractivity contribution in [2.45, 2.75) is 44.7 Å². The van der Waals surface area contributed by atoms with Gasteiger partial charge in [-0.3, -0.25) is 15.6 Å². The van der Waals surface area contributed by atoms with Gasteiger partial charge in [0.05, 0.1) is 18.6 Å². The van der Waals surface area contributed by atoms with Crippen LogP contribution in [0.3, 0.4) is 0 Å². The third-order valence-electron chi connectivity index (χ3n) is 5.28. The Hall–Kier alpha value is -1.97. The first kappa shape index (κ1) is 19.8. The van der Waals surface area contributed by atoms with Crippen LogP contribution in [0.5, 0.6) is 0 Å². The van der Waals surface area contributed by atoms with Gasteiger partial charge in [0, 0.05) is 50.5 Å². The summed E-state index contributed by atoms with van der Waals surface area (Å²) in [6.45, 7) is 8.89. The molecule has 0 saturated carbocycles. The first-order valence-electron chi connectivity index (χ1n) is 9.45. The van der Waals surface area contributed by atoms with Crippen LogP contribution in [0.25, 0.3) is 0 Å². The SMILES string of the molecule is CC1CC(CN(C)c2ncc(C(C)(C)C(=O)O)c(N3CCOCC3)n2)NN1. The molecule has 0 spiro atoms. The summed E-state index contributed by atoms with van der Waals surface area (Å²) in [4.78, 5) is 25.2. The summed E-state index contributed by atoms with van der Waals surface area (Å²) in [6, 6.07) is 0.752. The average Bonchev–Trinajstić information content (AvgIpc) is 3.06. The van der Waals surface area contributed by atoms with Crippen LogP contribution in [0.15, 0.2) is 6.20 Å². The lowest BCUT2D eigenvalue weighted by atomic mass is 9.85. The first-order valence-corrected chi connectivity index (χ1v) is 9.45. The van der Waals surface area contributed by atoms with Crippen LogP contribution in [0.2, 0.25) is 0 Å². The lowest BCUT2D eigenvalue weighted by Crippen LogP contribution is -2.41. The third kappa shape index (κ3) is 4.31. The van der Waals surface area contributed by atoms with Gasteiger partial charge in [0.2, 0.25) is 5.95 Å². The zero-order chi connectivity index (χ0) is 19.6. The summed E-state index contributed by atoms with van der Waals surface area (Å²) in [5.74, 6) is 0.396. The zero-order valence-electron chi connectivity index (χ0n) is 16.5. The molecule has 2 fully saturated rings. The Labute approximate surface area is 160 Å². The van der Waals surface area contributed by atoms with E-state index in [0.29, 0.717) is 55.7 Å². The van der Waals surface area contributed by atoms with Crippen LogP contribution in [0.1, 0.15) is 32.8 Å². The highest BCUT2D eigenvalue weighted by atomic mass is 16.5. The number of nitrogens with one attached hydrogen (secondary N) is 2. The monoisotopic (exact) mass is 378 g/mol. The van der Waals surface area contributed by atoms with Crippen LogP contribution in [-0.2, 0) is 14.9 Å². The quantitative estimate of drug-likeness (QED) is 0.648. The molecular formula is C18H30N6O3. The van der Waals surface area contributed by atoms with E-state index in [1.165, 1.54) is 0 Å². The molecule has 150 valence electrons. The molecule has 0 radical (unpaired) electrons. The van der Waals surface area contributed by atoms with Crippen molar-refractivity contribution in [3.63, 3.8) is 0 Å². The fourth-order valence-corrected chi connectivity index (χ4v) is 3.46. The van der Waals surface area contributed by atoms with E-state index in [1.807, 2.05) is 11.9 Å². The van der Waals surface area contributed by atoms with Gasteiger partial charge in [-0.2, -0.15) is 4.98 Å². The molecular weight excluding hydrogens is 348 g/mol. The van der Waals surface area contributed by atoms with Crippen molar-refractivity contribution in [3.8, 4) is 0 Å². The van der Waals surface area contributed by atoms with E-state index in [-0.39, 0.29) is 0 Å². The summed E-state index contributed by atoms with van der Waals surface area (Å²) in [6.07, 6.45) is 2.70. The van der Waals surface area contributed by atoms with E-state index >= 15 is 0 Å². The number of aromatic nitrogens is 2. The van der Waals surface area contributed by atoms with Crippen LogP contribution < -0.4 is 20.7 Å². The predicted molar refractivity (Wildman–Crippen MR) is 103 cm³/mol. The molecule has 2 aliphatic heterocycles. The van der Waals surface area contributed by atoms with Crippen molar-refractivity contribution in [3.05, 3.63) is 11.8 Å². The third-order valence-corrected chi connectivity index (χ3v) is 5.28. The van der Waals surface area contributed by atoms with E-state index in [9.17, 15) is 9.90 Å². The summed E-state index contributed by atoms with van der Waals surface area (Å²) in [5, 5.41) is 9.69. The molecule has 0 aliphatic carbocycles. The average molecular weight is 378 g/mol. The Kier molecular flexibility index (Phi) is 5.83. The second kappa shape index (κ2) is 7.95. The minimum absolute atomic E-state index is 0.315. The lowest BCUT2D eigenvalue weighted by molar-refractivity contribution is -0.142. The van der Waals surface area contributed by atoms with Crippen molar-refractivity contribution < 1.29 is 14.6 Å². The Balaban J connectivity index is 1.88. The smallest absolute Gasteiger partial charge is 0.313 e. The molecule has 0 amide bonds. The summed E-state index contributed by atoms with van der Waals surface area (Å²) in [5.41, 5.74) is 6.07. The lowest BCUT2D eigenvalue weighted by Gasteiger charge is -2.33. The number of carboxylic acids is 1. The normalized spacial score (nSPS) is 23.5. The van der Waals surface area contributed by atoms with Gasteiger partial charge in [-0.1, -0.05) is 0 Å². The van der Waals surface area contributed by atoms with Gasteiger partial charge >= 0.3 is 5.97 Å². The molecule has 2 atom stereocenters. The van der Waals surface area contributed by atoms with Gasteiger partial charge in [0.15, 0.2) is 0 Å². The molecule has 0 bridgehead atoms. The number of ether oxygens (including phenoxy) is 1. The van der Waals surface area contributed by atoms with E-state index in [0.717, 1.165) is 13.0 Å². The molecule has 2 aliphatic rings. The maximum absolute atomic E-state index is 11.8. The van der Waals surface area contributed by atoms with E-state index in [2.05, 4.69) is 27.7 Å². The molecule has 1 aromatic heterocycles. The van der Waals surface area contributed by atoms with Crippen LogP contribution in [-0.4, -0.2) is 73.0 Å². The van der Waals surface area contributed by atoms with Crippen molar-refractivity contribution in [1.29, 1.82) is 0 Å². The summed E-state index contributed by atoms with van der Waals surface area (Å²) < 4.78 is 5.44. The Morgan fingerprint density at radius 3 is 2.70 bits per heavy atom. The van der Waals surface area contributed by atoms with E-state index in [4.69, 9.17) is 9.72 Å². The number of likely N-dealkylation sites (N-methyl/N-ethyl adjacent to an activating group) is 1. The number of hydrazine groups is 1. The fourth-order valence-electron chi connectivity index (χ4n) is 3.46. The van der Waals surface area contributed by atoms with Crippen LogP contribution in [0, 0.1) is 0 Å². The molecule has 3 heterocycles. The molecule has 2 saturated heterocycles. The molecule has 3 N–H and O–H groups in total. The molecule has 2 unspecified atom stereocenters. The Morgan fingerprint density at radius 1 is 1.41 bits per heavy atom. The number of morpholine rings is 1. The number of nitrogens with zero attached hydrogens (tertiary/aromatic N) is 4. The highest BCUT2D eigenvalue weighted by molar-refractivity contribution is 5.82. The van der Waals surface area contributed by atoms with Gasteiger partial charge in [-0.25, -0.2) is 4.98 Å². The fraction of sp³-hybridized carbons (Fsp3) is 0.722. The highest BCUT2D eigenvalue weighted by Gasteiger charge is 2.35. The number of rotatable bonds is 6. The number of hydrogen-bond donors (Lipinski definition) is 3. The largest absolute Gasteiger partial charge is 0.481 e. The van der Waals surface area contributed by atoms with Gasteiger partial charge in [-0.05, 0) is 27.2 Å². The Morgan fingerprint density at radius 2 is 2.11 bits per heavy atom. The van der Waals surface area contributed by atoms with Crippen molar-refractivity contribution in [2.75, 3.05) is 49.7 Å². The number of carbonyl (C=O) groups is 1. The number of carboxylic acid groups (broad SMARTS) is 1. The molecule has 3 rings (SSSR count). The molecule has 27 heavy (non-hydrogen) atoms. The van der Waals surface area contributed by atoms with Gasteiger partial charge < -0.3 is 19.6 Å². The van der Waals surface area contributed by atoms with Gasteiger partial charge in [0.1, 0.15) is 5.82 Å². The first-order chi connectivity index (χ1) is 12.8. The summed E-state index contributed by atoms with van der Waals surface area (Å²) >= 11 is 0. The van der Waals surface area contributed by atoms with Crippen molar-refractivity contribution >= 4 is 17.7 Å². The summed E-state index contributed by atoms with van der Waals surface area (Å²) in [7, 11) is 1.96. The number of hydrogen-bond acceptors (Lipinski definition) is 8. The number of aliphatic carboxylic acids is 1. The van der Waals surface area contributed by atoms with Gasteiger partial charge in [0.25, 0.3) is 0 Å². The molecule has 0 aromatic carbocycles.